The lowest BCUT2D eigenvalue weighted by Gasteiger charge is -2.10. The minimum absolute atomic E-state index is 0.189. The minimum atomic E-state index is 0.189. The van der Waals surface area contributed by atoms with Gasteiger partial charge < -0.3 is 19.2 Å². The Bertz CT molecular complexity index is 536. The summed E-state index contributed by atoms with van der Waals surface area (Å²) < 4.78 is 16.3. The number of rotatable bonds is 8. The van der Waals surface area contributed by atoms with Gasteiger partial charge in [0.25, 0.3) is 0 Å². The quantitative estimate of drug-likeness (QED) is 0.750. The molecule has 1 heterocycles. The first-order valence-electron chi connectivity index (χ1n) is 7.05. The largest absolute Gasteiger partial charge is 0.493 e. The van der Waals surface area contributed by atoms with Gasteiger partial charge in [0.1, 0.15) is 5.76 Å². The molecule has 0 aliphatic carbocycles. The van der Waals surface area contributed by atoms with Crippen LogP contribution in [-0.4, -0.2) is 27.4 Å². The number of nitrogens with one attached hydrogen (secondary N) is 1. The third kappa shape index (κ3) is 3.52. The smallest absolute Gasteiger partial charge is 0.176 e. The second-order valence-corrected chi connectivity index (χ2v) is 4.90. The SMILES string of the molecule is COCCCCNC(C)c1cc2cccc(OC)c2o1. The molecular weight excluding hydrogens is 254 g/mol. The predicted octanol–water partition coefficient (Wildman–Crippen LogP) is 3.52. The molecule has 2 aromatic rings. The highest BCUT2D eigenvalue weighted by Gasteiger charge is 2.13. The number of furan rings is 1. The molecule has 1 aromatic heterocycles. The second-order valence-electron chi connectivity index (χ2n) is 4.90. The van der Waals surface area contributed by atoms with Crippen LogP contribution in [0, 0.1) is 0 Å². The molecule has 4 nitrogen and oxygen atoms in total. The van der Waals surface area contributed by atoms with Crippen LogP contribution in [-0.2, 0) is 4.74 Å². The highest BCUT2D eigenvalue weighted by atomic mass is 16.5. The fourth-order valence-corrected chi connectivity index (χ4v) is 2.22. The van der Waals surface area contributed by atoms with E-state index < -0.39 is 0 Å². The summed E-state index contributed by atoms with van der Waals surface area (Å²) in [4.78, 5) is 0. The highest BCUT2D eigenvalue weighted by Crippen LogP contribution is 2.30. The molecule has 1 N–H and O–H groups in total. The molecule has 1 unspecified atom stereocenters. The Morgan fingerprint density at radius 1 is 1.25 bits per heavy atom. The van der Waals surface area contributed by atoms with Crippen LogP contribution in [0.1, 0.15) is 31.6 Å². The Labute approximate surface area is 120 Å². The fourth-order valence-electron chi connectivity index (χ4n) is 2.22. The highest BCUT2D eigenvalue weighted by molar-refractivity contribution is 5.83. The van der Waals surface area contributed by atoms with E-state index in [1.165, 1.54) is 0 Å². The summed E-state index contributed by atoms with van der Waals surface area (Å²) in [5, 5.41) is 4.54. The van der Waals surface area contributed by atoms with Crippen molar-refractivity contribution in [2.45, 2.75) is 25.8 Å². The maximum Gasteiger partial charge on any atom is 0.176 e. The predicted molar refractivity (Wildman–Crippen MR) is 80.3 cm³/mol. The molecule has 1 aromatic carbocycles. The van der Waals surface area contributed by atoms with Crippen molar-refractivity contribution in [1.29, 1.82) is 0 Å². The number of fused-ring (bicyclic) bond motifs is 1. The topological polar surface area (TPSA) is 43.6 Å². The molecule has 0 spiro atoms. The van der Waals surface area contributed by atoms with E-state index in [4.69, 9.17) is 13.9 Å². The zero-order valence-electron chi connectivity index (χ0n) is 12.4. The van der Waals surface area contributed by atoms with Crippen molar-refractivity contribution < 1.29 is 13.9 Å². The summed E-state index contributed by atoms with van der Waals surface area (Å²) in [5.74, 6) is 1.72. The van der Waals surface area contributed by atoms with Gasteiger partial charge in [-0.1, -0.05) is 12.1 Å². The average molecular weight is 277 g/mol. The molecule has 4 heteroatoms. The standard InChI is InChI=1S/C16H23NO3/c1-12(17-9-4-5-10-18-2)15-11-13-7-6-8-14(19-3)16(13)20-15/h6-8,11-12,17H,4-5,9-10H2,1-3H3. The van der Waals surface area contributed by atoms with Gasteiger partial charge in [-0.15, -0.1) is 0 Å². The number of benzene rings is 1. The molecule has 20 heavy (non-hydrogen) atoms. The molecule has 110 valence electrons. The van der Waals surface area contributed by atoms with E-state index in [1.54, 1.807) is 14.2 Å². The molecule has 1 atom stereocenters. The summed E-state index contributed by atoms with van der Waals surface area (Å²) in [6.45, 7) is 3.89. The van der Waals surface area contributed by atoms with Gasteiger partial charge in [0.15, 0.2) is 11.3 Å². The van der Waals surface area contributed by atoms with Crippen LogP contribution in [0.3, 0.4) is 0 Å². The van der Waals surface area contributed by atoms with Crippen molar-refractivity contribution in [3.8, 4) is 5.75 Å². The second kappa shape index (κ2) is 7.31. The third-order valence-corrected chi connectivity index (χ3v) is 3.40. The van der Waals surface area contributed by atoms with E-state index in [0.717, 1.165) is 48.5 Å². The van der Waals surface area contributed by atoms with E-state index in [9.17, 15) is 0 Å². The molecule has 0 aliphatic heterocycles. The van der Waals surface area contributed by atoms with Crippen molar-refractivity contribution in [3.05, 3.63) is 30.0 Å². The maximum atomic E-state index is 5.92. The fraction of sp³-hybridized carbons (Fsp3) is 0.500. The number of ether oxygens (including phenoxy) is 2. The summed E-state index contributed by atoms with van der Waals surface area (Å²) in [6.07, 6.45) is 2.17. The Balaban J connectivity index is 1.98. The molecule has 0 fully saturated rings. The van der Waals surface area contributed by atoms with Crippen LogP contribution in [0.15, 0.2) is 28.7 Å². The monoisotopic (exact) mass is 277 g/mol. The van der Waals surface area contributed by atoms with E-state index in [2.05, 4.69) is 18.3 Å². The third-order valence-electron chi connectivity index (χ3n) is 3.40. The number of unbranched alkanes of at least 4 members (excludes halogenated alkanes) is 1. The van der Waals surface area contributed by atoms with Crippen LogP contribution < -0.4 is 10.1 Å². The number of para-hydroxylation sites is 1. The van der Waals surface area contributed by atoms with Gasteiger partial charge in [0, 0.05) is 19.1 Å². The lowest BCUT2D eigenvalue weighted by atomic mass is 10.2. The van der Waals surface area contributed by atoms with Gasteiger partial charge in [0.05, 0.1) is 13.2 Å². The first-order valence-corrected chi connectivity index (χ1v) is 7.05. The van der Waals surface area contributed by atoms with Crippen LogP contribution in [0.2, 0.25) is 0 Å². The van der Waals surface area contributed by atoms with E-state index in [0.29, 0.717) is 0 Å². The van der Waals surface area contributed by atoms with Gasteiger partial charge in [-0.05, 0) is 38.4 Å². The Morgan fingerprint density at radius 2 is 2.10 bits per heavy atom. The van der Waals surface area contributed by atoms with Crippen molar-refractivity contribution in [2.24, 2.45) is 0 Å². The summed E-state index contributed by atoms with van der Waals surface area (Å²) in [6, 6.07) is 8.19. The Morgan fingerprint density at radius 3 is 2.85 bits per heavy atom. The first-order chi connectivity index (χ1) is 9.76. The van der Waals surface area contributed by atoms with Crippen LogP contribution in [0.4, 0.5) is 0 Å². The number of hydrogen-bond acceptors (Lipinski definition) is 4. The number of hydrogen-bond donors (Lipinski definition) is 1. The molecule has 0 aliphatic rings. The van der Waals surface area contributed by atoms with E-state index in [1.807, 2.05) is 18.2 Å². The zero-order valence-corrected chi connectivity index (χ0v) is 12.4. The van der Waals surface area contributed by atoms with E-state index >= 15 is 0 Å². The van der Waals surface area contributed by atoms with Crippen molar-refractivity contribution in [2.75, 3.05) is 27.4 Å². The average Bonchev–Trinajstić information content (AvgIpc) is 2.90. The molecule has 0 saturated carbocycles. The van der Waals surface area contributed by atoms with Crippen molar-refractivity contribution in [3.63, 3.8) is 0 Å². The molecule has 0 saturated heterocycles. The lowest BCUT2D eigenvalue weighted by Crippen LogP contribution is -2.19. The summed E-state index contributed by atoms with van der Waals surface area (Å²) in [5.41, 5.74) is 0.818. The van der Waals surface area contributed by atoms with Crippen molar-refractivity contribution in [1.82, 2.24) is 5.32 Å². The van der Waals surface area contributed by atoms with Gasteiger partial charge in [0.2, 0.25) is 0 Å². The molecule has 2 rings (SSSR count). The lowest BCUT2D eigenvalue weighted by molar-refractivity contribution is 0.192. The van der Waals surface area contributed by atoms with Gasteiger partial charge in [-0.25, -0.2) is 0 Å². The van der Waals surface area contributed by atoms with Crippen LogP contribution in [0.25, 0.3) is 11.0 Å². The summed E-state index contributed by atoms with van der Waals surface area (Å²) >= 11 is 0. The maximum absolute atomic E-state index is 5.92. The molecule has 0 bridgehead atoms. The van der Waals surface area contributed by atoms with Crippen LogP contribution in [0.5, 0.6) is 5.75 Å². The Hall–Kier alpha value is -1.52. The van der Waals surface area contributed by atoms with Gasteiger partial charge in [-0.2, -0.15) is 0 Å². The normalized spacial score (nSPS) is 12.8. The minimum Gasteiger partial charge on any atom is -0.493 e. The first kappa shape index (κ1) is 14.9. The summed E-state index contributed by atoms with van der Waals surface area (Å²) in [7, 11) is 3.40. The molecule has 0 amide bonds. The van der Waals surface area contributed by atoms with Gasteiger partial charge >= 0.3 is 0 Å². The molecular formula is C16H23NO3. The Kier molecular flexibility index (Phi) is 5.44. The van der Waals surface area contributed by atoms with Crippen molar-refractivity contribution >= 4 is 11.0 Å². The van der Waals surface area contributed by atoms with Gasteiger partial charge in [-0.3, -0.25) is 0 Å². The number of methoxy groups -OCH3 is 2. The molecule has 0 radical (unpaired) electrons. The van der Waals surface area contributed by atoms with Crippen LogP contribution >= 0.6 is 0 Å². The van der Waals surface area contributed by atoms with E-state index in [-0.39, 0.29) is 6.04 Å². The zero-order chi connectivity index (χ0) is 14.4.